The monoisotopic (exact) mass is 422 g/mol. The van der Waals surface area contributed by atoms with Crippen LogP contribution in [0.2, 0.25) is 12.1 Å². The first-order valence-corrected chi connectivity index (χ1v) is 14.6. The number of allylic oxidation sites excluding steroid dienone is 1. The van der Waals surface area contributed by atoms with E-state index in [1.807, 2.05) is 6.92 Å². The van der Waals surface area contributed by atoms with Crippen molar-refractivity contribution in [3.05, 3.63) is 12.2 Å². The normalized spacial score (nSPS) is 12.7. The summed E-state index contributed by atoms with van der Waals surface area (Å²) in [5.41, 5.74) is 0.897. The van der Waals surface area contributed by atoms with Gasteiger partial charge in [-0.05, 0) is 43.3 Å². The van der Waals surface area contributed by atoms with Crippen LogP contribution < -0.4 is 0 Å². The van der Waals surface area contributed by atoms with Crippen LogP contribution in [-0.2, 0) is 8.85 Å². The van der Waals surface area contributed by atoms with E-state index in [-0.39, 0.29) is 6.10 Å². The molecule has 0 aliphatic rings. The molecule has 0 aromatic carbocycles. The van der Waals surface area contributed by atoms with Crippen LogP contribution in [0.3, 0.4) is 0 Å². The van der Waals surface area contributed by atoms with Crippen LogP contribution in [0.1, 0.15) is 112 Å². The van der Waals surface area contributed by atoms with E-state index in [2.05, 4.69) is 53.0 Å². The summed E-state index contributed by atoms with van der Waals surface area (Å²) in [4.78, 5) is 0. The van der Waals surface area contributed by atoms with Crippen LogP contribution in [0.4, 0.5) is 0 Å². The van der Waals surface area contributed by atoms with Crippen LogP contribution in [0.5, 0.6) is 0 Å². The van der Waals surface area contributed by atoms with E-state index in [0.717, 1.165) is 37.1 Å². The summed E-state index contributed by atoms with van der Waals surface area (Å²) in [5.74, 6) is 6.99. The lowest BCUT2D eigenvalue weighted by Gasteiger charge is -2.32. The highest BCUT2D eigenvalue weighted by Crippen LogP contribution is 2.24. The van der Waals surface area contributed by atoms with Crippen LogP contribution >= 0.6 is 0 Å². The van der Waals surface area contributed by atoms with Gasteiger partial charge in [-0.2, -0.15) is 0 Å². The number of hydrogen-bond donors (Lipinski definition) is 0. The zero-order chi connectivity index (χ0) is 22.0. The Hall–Kier alpha value is -0.563. The Morgan fingerprint density at radius 1 is 0.862 bits per heavy atom. The maximum atomic E-state index is 6.59. The maximum Gasteiger partial charge on any atom is 0.338 e. The summed E-state index contributed by atoms with van der Waals surface area (Å²) in [5, 5.41) is 0. The van der Waals surface area contributed by atoms with Crippen molar-refractivity contribution in [1.29, 1.82) is 0 Å². The van der Waals surface area contributed by atoms with Gasteiger partial charge in [-0.15, -0.1) is 0 Å². The lowest BCUT2D eigenvalue weighted by atomic mass is 10.1. The molecule has 0 aromatic rings. The van der Waals surface area contributed by atoms with Crippen LogP contribution in [0, 0.1) is 17.8 Å². The Balaban J connectivity index is 4.29. The molecule has 170 valence electrons. The second-order valence-corrected chi connectivity index (χ2v) is 12.7. The van der Waals surface area contributed by atoms with Gasteiger partial charge in [-0.1, -0.05) is 111 Å². The van der Waals surface area contributed by atoms with Crippen LogP contribution in [0.15, 0.2) is 12.2 Å². The lowest BCUT2D eigenvalue weighted by molar-refractivity contribution is 0.128. The molecule has 0 saturated carbocycles. The topological polar surface area (TPSA) is 18.5 Å². The Morgan fingerprint density at radius 3 is 1.83 bits per heavy atom. The molecule has 0 radical (unpaired) electrons. The minimum atomic E-state index is -2.17. The number of rotatable bonds is 18. The standard InChI is InChI=1S/C26H50O2Si/c1-8-11-12-13-14-15-16-17-18-19-22-27-29(9-2,10-3)28-26(23-25(6)7)21-20-24(4)5/h25-26H,4,8-19,22-23H2,1-3,5-7H3. The smallest absolute Gasteiger partial charge is 0.338 e. The molecule has 1 unspecified atom stereocenters. The molecular weight excluding hydrogens is 372 g/mol. The largest absolute Gasteiger partial charge is 0.394 e. The third kappa shape index (κ3) is 15.9. The Morgan fingerprint density at radius 2 is 1.38 bits per heavy atom. The van der Waals surface area contributed by atoms with Gasteiger partial charge in [-0.25, -0.2) is 0 Å². The zero-order valence-corrected chi connectivity index (χ0v) is 21.6. The lowest BCUT2D eigenvalue weighted by Crippen LogP contribution is -2.44. The molecule has 0 aromatic heterocycles. The average molecular weight is 423 g/mol. The van der Waals surface area contributed by atoms with Gasteiger partial charge in [0.1, 0.15) is 6.10 Å². The van der Waals surface area contributed by atoms with Gasteiger partial charge in [0.25, 0.3) is 0 Å². The highest BCUT2D eigenvalue weighted by molar-refractivity contribution is 6.67. The minimum Gasteiger partial charge on any atom is -0.394 e. The Bertz CT molecular complexity index is 457. The summed E-state index contributed by atoms with van der Waals surface area (Å²) in [6.45, 7) is 17.9. The van der Waals surface area contributed by atoms with Gasteiger partial charge in [0.15, 0.2) is 0 Å². The minimum absolute atomic E-state index is 0.0361. The molecule has 0 spiro atoms. The molecule has 2 nitrogen and oxygen atoms in total. The third-order valence-corrected chi connectivity index (χ3v) is 9.03. The molecule has 0 N–H and O–H groups in total. The molecular formula is C26H50O2Si. The molecule has 0 aliphatic carbocycles. The second-order valence-electron chi connectivity index (χ2n) is 8.93. The van der Waals surface area contributed by atoms with Crippen molar-refractivity contribution >= 4 is 8.56 Å². The Labute approximate surface area is 184 Å². The summed E-state index contributed by atoms with van der Waals surface area (Å²) in [6.07, 6.45) is 14.4. The predicted octanol–water partition coefficient (Wildman–Crippen LogP) is 8.42. The highest BCUT2D eigenvalue weighted by Gasteiger charge is 2.36. The van der Waals surface area contributed by atoms with Crippen molar-refractivity contribution in [3.8, 4) is 11.8 Å². The van der Waals surface area contributed by atoms with Crippen LogP contribution in [0.25, 0.3) is 0 Å². The molecule has 0 saturated heterocycles. The molecule has 29 heavy (non-hydrogen) atoms. The van der Waals surface area contributed by atoms with Gasteiger partial charge in [0.2, 0.25) is 0 Å². The molecule has 3 heteroatoms. The first kappa shape index (κ1) is 28.4. The van der Waals surface area contributed by atoms with Crippen LogP contribution in [-0.4, -0.2) is 21.3 Å². The molecule has 0 rings (SSSR count). The van der Waals surface area contributed by atoms with Gasteiger partial charge < -0.3 is 8.85 Å². The molecule has 0 amide bonds. The first-order valence-electron chi connectivity index (χ1n) is 12.4. The molecule has 0 bridgehead atoms. The van der Waals surface area contributed by atoms with E-state index in [4.69, 9.17) is 8.85 Å². The van der Waals surface area contributed by atoms with Crippen molar-refractivity contribution in [2.75, 3.05) is 6.61 Å². The van der Waals surface area contributed by atoms with E-state index in [0.29, 0.717) is 5.92 Å². The number of unbranched alkanes of at least 4 members (excludes halogenated alkanes) is 9. The van der Waals surface area contributed by atoms with E-state index >= 15 is 0 Å². The summed E-state index contributed by atoms with van der Waals surface area (Å²) >= 11 is 0. The third-order valence-electron chi connectivity index (χ3n) is 5.43. The zero-order valence-electron chi connectivity index (χ0n) is 20.6. The summed E-state index contributed by atoms with van der Waals surface area (Å²) < 4.78 is 13.0. The van der Waals surface area contributed by atoms with E-state index < -0.39 is 8.56 Å². The highest BCUT2D eigenvalue weighted by atomic mass is 28.4. The van der Waals surface area contributed by atoms with E-state index in [1.165, 1.54) is 57.8 Å². The fraction of sp³-hybridized carbons (Fsp3) is 0.846. The summed E-state index contributed by atoms with van der Waals surface area (Å²) in [7, 11) is -2.17. The van der Waals surface area contributed by atoms with Gasteiger partial charge in [-0.3, -0.25) is 0 Å². The fourth-order valence-corrected chi connectivity index (χ4v) is 6.03. The van der Waals surface area contributed by atoms with Gasteiger partial charge in [0, 0.05) is 6.61 Å². The fourth-order valence-electron chi connectivity index (χ4n) is 3.53. The molecule has 0 fully saturated rings. The Kier molecular flexibility index (Phi) is 17.9. The number of hydrogen-bond acceptors (Lipinski definition) is 2. The molecule has 0 heterocycles. The second kappa shape index (κ2) is 18.2. The molecule has 1 atom stereocenters. The average Bonchev–Trinajstić information content (AvgIpc) is 2.68. The van der Waals surface area contributed by atoms with Gasteiger partial charge >= 0.3 is 8.56 Å². The van der Waals surface area contributed by atoms with E-state index in [9.17, 15) is 0 Å². The quantitative estimate of drug-likeness (QED) is 0.125. The maximum absolute atomic E-state index is 6.59. The van der Waals surface area contributed by atoms with Crippen molar-refractivity contribution in [2.45, 2.75) is 130 Å². The van der Waals surface area contributed by atoms with Crippen molar-refractivity contribution in [1.82, 2.24) is 0 Å². The summed E-state index contributed by atoms with van der Waals surface area (Å²) in [6, 6.07) is 1.98. The van der Waals surface area contributed by atoms with E-state index in [1.54, 1.807) is 0 Å². The van der Waals surface area contributed by atoms with Crippen molar-refractivity contribution in [3.63, 3.8) is 0 Å². The van der Waals surface area contributed by atoms with Crippen molar-refractivity contribution < 1.29 is 8.85 Å². The van der Waals surface area contributed by atoms with Crippen molar-refractivity contribution in [2.24, 2.45) is 5.92 Å². The SMILES string of the molecule is C=C(C)C#CC(CC(C)C)O[Si](CC)(CC)OCCCCCCCCCCCC. The first-order chi connectivity index (χ1) is 13.9. The van der Waals surface area contributed by atoms with Gasteiger partial charge in [0.05, 0.1) is 0 Å². The predicted molar refractivity (Wildman–Crippen MR) is 131 cm³/mol. The molecule has 0 aliphatic heterocycles.